The fraction of sp³-hybridized carbons (Fsp3) is 0.624. The SMILES string of the molecule is C.C.CC(=O)N[C@@H]1CCN(c2ccc(C(C)C)cn2)C1.CC(C)c1ccc(N2CCC(S(C)(=O)=O)C2)nc1.CC(C)c1ccc(N2CCCCC2)nc1.CC(C)c1ccc(N2CCC[C@@H]2CO)nc1.CC(C)c1ccc(N2CCOCC2)nc1.CC(C)c1ccc(N2CC[C@H](N(C)C)C2)nc1.COC[C@@H]1CCCN1c1ccc(C(C)C)cn1.COC[C@H]1CCCN1c1ccc(C(C)C)cn1. The molecule has 25 nitrogen and oxygen atoms in total. The van der Waals surface area contributed by atoms with Gasteiger partial charge in [-0.15, -0.1) is 0 Å². The molecular formula is C109H174N18O7S. The smallest absolute Gasteiger partial charge is 0.217 e. The van der Waals surface area contributed by atoms with Gasteiger partial charge in [0.1, 0.15) is 46.5 Å². The Morgan fingerprint density at radius 1 is 0.378 bits per heavy atom. The predicted molar refractivity (Wildman–Crippen MR) is 565 cm³/mol. The number of carbonyl (C=O) groups is 1. The molecule has 26 heteroatoms. The van der Waals surface area contributed by atoms with Gasteiger partial charge in [0.05, 0.1) is 56.4 Å². The zero-order valence-electron chi connectivity index (χ0n) is 85.1. The number of methoxy groups -OCH3 is 2. The van der Waals surface area contributed by atoms with Crippen LogP contribution in [-0.4, -0.2) is 252 Å². The number of rotatable bonds is 24. The molecule has 0 spiro atoms. The summed E-state index contributed by atoms with van der Waals surface area (Å²) in [5, 5.41) is 12.0. The van der Waals surface area contributed by atoms with Gasteiger partial charge in [-0.25, -0.2) is 48.3 Å². The van der Waals surface area contributed by atoms with Gasteiger partial charge in [0, 0.05) is 174 Å². The molecule has 135 heavy (non-hydrogen) atoms. The maximum absolute atomic E-state index is 11.5. The van der Waals surface area contributed by atoms with Gasteiger partial charge in [-0.3, -0.25) is 4.79 Å². The van der Waals surface area contributed by atoms with Crippen molar-refractivity contribution in [2.75, 3.05) is 192 Å². The molecule has 0 bridgehead atoms. The van der Waals surface area contributed by atoms with Gasteiger partial charge in [-0.2, -0.15) is 0 Å². The Balaban J connectivity index is 0.000000210. The summed E-state index contributed by atoms with van der Waals surface area (Å²) >= 11 is 0. The van der Waals surface area contributed by atoms with Gasteiger partial charge in [-0.1, -0.05) is 174 Å². The van der Waals surface area contributed by atoms with Crippen molar-refractivity contribution in [1.29, 1.82) is 0 Å². The highest BCUT2D eigenvalue weighted by Crippen LogP contribution is 2.32. The number of aliphatic hydroxyl groups is 1. The van der Waals surface area contributed by atoms with Crippen molar-refractivity contribution in [3.63, 3.8) is 0 Å². The third-order valence-corrected chi connectivity index (χ3v) is 28.3. The van der Waals surface area contributed by atoms with Gasteiger partial charge >= 0.3 is 0 Å². The van der Waals surface area contributed by atoms with E-state index >= 15 is 0 Å². The Kier molecular flexibility index (Phi) is 47.8. The Labute approximate surface area is 815 Å². The number of likely N-dealkylation sites (N-methyl/N-ethyl adjacent to an activating group) is 1. The number of nitrogens with one attached hydrogen (secondary N) is 1. The molecule has 0 saturated carbocycles. The maximum Gasteiger partial charge on any atom is 0.217 e. The molecule has 8 fully saturated rings. The predicted octanol–water partition coefficient (Wildman–Crippen LogP) is 20.4. The molecule has 8 aromatic rings. The largest absolute Gasteiger partial charge is 0.394 e. The normalized spacial score (nSPS) is 19.3. The number of amides is 1. The summed E-state index contributed by atoms with van der Waals surface area (Å²) < 4.78 is 38.9. The van der Waals surface area contributed by atoms with Crippen LogP contribution in [0.15, 0.2) is 147 Å². The summed E-state index contributed by atoms with van der Waals surface area (Å²) in [6.45, 7) is 52.8. The molecule has 0 aliphatic carbocycles. The summed E-state index contributed by atoms with van der Waals surface area (Å²) in [4.78, 5) is 67.8. The average molecular weight is 1880 g/mol. The number of ether oxygens (including phenoxy) is 3. The molecule has 2 N–H and O–H groups in total. The number of pyridine rings is 8. The number of anilines is 8. The van der Waals surface area contributed by atoms with Crippen LogP contribution in [-0.2, 0) is 28.8 Å². The minimum Gasteiger partial charge on any atom is -0.394 e. The second-order valence-electron chi connectivity index (χ2n) is 39.7. The van der Waals surface area contributed by atoms with Crippen molar-refractivity contribution in [2.45, 2.75) is 292 Å². The van der Waals surface area contributed by atoms with Gasteiger partial charge in [-0.05, 0) is 232 Å². The Morgan fingerprint density at radius 3 is 0.948 bits per heavy atom. The van der Waals surface area contributed by atoms with Crippen LogP contribution in [0.3, 0.4) is 0 Å². The van der Waals surface area contributed by atoms with Gasteiger partial charge < -0.3 is 68.7 Å². The highest BCUT2D eigenvalue weighted by atomic mass is 32.2. The van der Waals surface area contributed by atoms with Gasteiger partial charge in [0.2, 0.25) is 5.91 Å². The summed E-state index contributed by atoms with van der Waals surface area (Å²) in [5.74, 6) is 12.7. The molecule has 6 atom stereocenters. The van der Waals surface area contributed by atoms with Crippen molar-refractivity contribution >= 4 is 62.3 Å². The van der Waals surface area contributed by atoms with Crippen LogP contribution >= 0.6 is 0 Å². The zero-order chi connectivity index (χ0) is 96.3. The van der Waals surface area contributed by atoms with Gasteiger partial charge in [0.15, 0.2) is 9.84 Å². The number of aliphatic hydroxyl groups excluding tert-OH is 1. The lowest BCUT2D eigenvalue weighted by Gasteiger charge is -2.27. The molecule has 1 unspecified atom stereocenters. The van der Waals surface area contributed by atoms with E-state index in [9.17, 15) is 18.3 Å². The number of piperidine rings is 1. The molecule has 8 aliphatic heterocycles. The van der Waals surface area contributed by atoms with Crippen molar-refractivity contribution < 1.29 is 32.5 Å². The third-order valence-electron chi connectivity index (χ3n) is 26.7. The van der Waals surface area contributed by atoms with E-state index in [4.69, 9.17) is 14.2 Å². The minimum atomic E-state index is -2.93. The van der Waals surface area contributed by atoms with Crippen LogP contribution in [0.1, 0.15) is 301 Å². The van der Waals surface area contributed by atoms with E-state index in [-0.39, 0.29) is 44.7 Å². The summed E-state index contributed by atoms with van der Waals surface area (Å²) in [6, 6.07) is 36.3. The number of hydrogen-bond donors (Lipinski definition) is 2. The van der Waals surface area contributed by atoms with Crippen LogP contribution in [0.4, 0.5) is 46.5 Å². The second kappa shape index (κ2) is 57.3. The number of carbonyl (C=O) groups excluding carboxylic acids is 1. The summed E-state index contributed by atoms with van der Waals surface area (Å²) in [5.41, 5.74) is 10.3. The van der Waals surface area contributed by atoms with Crippen molar-refractivity contribution in [3.8, 4) is 0 Å². The van der Waals surface area contributed by atoms with E-state index in [0.717, 1.165) is 158 Å². The number of morpholine rings is 1. The van der Waals surface area contributed by atoms with Crippen molar-refractivity contribution in [1.82, 2.24) is 50.1 Å². The van der Waals surface area contributed by atoms with E-state index in [1.165, 1.54) is 115 Å². The van der Waals surface area contributed by atoms with E-state index < -0.39 is 9.84 Å². The van der Waals surface area contributed by atoms with Crippen LogP contribution in [0.5, 0.6) is 0 Å². The third kappa shape index (κ3) is 35.6. The van der Waals surface area contributed by atoms with E-state index in [2.05, 4.69) is 305 Å². The standard InChI is InChI=1S/C14H21N3O.C14H23N3.2C14H22N2O.C13H20N2O2S.C13H20N2O.C13H20N2.C12H18N2O.2CH4/c1-10(2)12-4-5-14(15-8-12)17-7-6-13(9-17)16-11(3)18;1-11(2)12-5-6-14(15-9-12)17-8-7-13(10-17)16(3)4;2*1-11(2)12-6-7-14(15-9-12)16-8-4-5-13(16)10-17-3;1-10(2)11-4-5-13(14-8-11)15-7-6-12(9-15)18(3,16)17;1-10(2)11-5-6-13(14-8-11)15-7-3-4-12(15)9-16;1-11(2)12-6-7-13(14-10-12)15-8-4-3-5-9-15;1-10(2)11-3-4-12(13-9-11)14-5-7-15-8-6-14;;/h4-5,8,10,13H,6-7,9H2,1-3H3,(H,16,18);5-6,9,11,13H,7-8,10H2,1-4H3;2*6-7,9,11,13H,4-5,8,10H2,1-3H3;4-5,8,10,12H,6-7,9H2,1-3H3;5-6,8,10,12,16H,3-4,7,9H2,1-2H3;6-7,10-11H,3-5,8-9H2,1-2H3;3-4,9-10H,5-8H2,1-2H3;2*1H4/t4*13-;;12-;;;;/m1010.1..../s1. The molecule has 8 saturated heterocycles. The molecule has 748 valence electrons. The monoisotopic (exact) mass is 1880 g/mol. The first-order valence-electron chi connectivity index (χ1n) is 49.7. The highest BCUT2D eigenvalue weighted by molar-refractivity contribution is 7.91. The van der Waals surface area contributed by atoms with E-state index in [1.807, 2.05) is 55.6 Å². The average Bonchev–Trinajstić information content (AvgIpc) is 1.70. The molecule has 16 rings (SSSR count). The summed E-state index contributed by atoms with van der Waals surface area (Å²) in [6.07, 6.45) is 31.2. The fourth-order valence-electron chi connectivity index (χ4n) is 17.6. The number of hydrogen-bond acceptors (Lipinski definition) is 24. The van der Waals surface area contributed by atoms with Crippen LogP contribution in [0, 0.1) is 0 Å². The Hall–Kier alpha value is -9.18. The topological polar surface area (TPSA) is 243 Å². The molecular weight excluding hydrogens is 1710 g/mol. The lowest BCUT2D eigenvalue weighted by Crippen LogP contribution is -2.36. The molecule has 0 aromatic carbocycles. The van der Waals surface area contributed by atoms with Crippen molar-refractivity contribution in [3.05, 3.63) is 191 Å². The maximum atomic E-state index is 11.5. The first kappa shape index (κ1) is 113. The number of sulfone groups is 1. The van der Waals surface area contributed by atoms with E-state index in [0.29, 0.717) is 78.4 Å². The molecule has 8 aromatic heterocycles. The van der Waals surface area contributed by atoms with E-state index in [1.54, 1.807) is 21.1 Å². The zero-order valence-corrected chi connectivity index (χ0v) is 85.9. The first-order valence-corrected chi connectivity index (χ1v) is 51.7. The van der Waals surface area contributed by atoms with Crippen LogP contribution in [0.25, 0.3) is 0 Å². The fourth-order valence-corrected chi connectivity index (χ4v) is 18.6. The van der Waals surface area contributed by atoms with Crippen LogP contribution in [0.2, 0.25) is 0 Å². The highest BCUT2D eigenvalue weighted by Gasteiger charge is 2.33. The number of aromatic nitrogens is 8. The lowest BCUT2D eigenvalue weighted by atomic mass is 10.1. The van der Waals surface area contributed by atoms with Crippen LogP contribution < -0.4 is 44.5 Å². The van der Waals surface area contributed by atoms with Gasteiger partial charge in [0.25, 0.3) is 0 Å². The molecule has 1 amide bonds. The minimum absolute atomic E-state index is 0. The Bertz CT molecular complexity index is 4560. The van der Waals surface area contributed by atoms with Crippen molar-refractivity contribution in [2.24, 2.45) is 0 Å². The number of nitrogens with zero attached hydrogens (tertiary/aromatic N) is 17. The quantitative estimate of drug-likeness (QED) is 0.0571. The Morgan fingerprint density at radius 2 is 0.667 bits per heavy atom. The molecule has 16 heterocycles. The molecule has 0 radical (unpaired) electrons. The lowest BCUT2D eigenvalue weighted by molar-refractivity contribution is -0.119. The first-order chi connectivity index (χ1) is 63.7. The molecule has 8 aliphatic rings. The second-order valence-corrected chi connectivity index (χ2v) is 42.0. The summed E-state index contributed by atoms with van der Waals surface area (Å²) in [7, 11) is 4.92.